The minimum atomic E-state index is -0.0500. The van der Waals surface area contributed by atoms with Crippen molar-refractivity contribution in [3.63, 3.8) is 0 Å². The second-order valence-electron chi connectivity index (χ2n) is 4.38. The minimum Gasteiger partial charge on any atom is -0.490 e. The van der Waals surface area contributed by atoms with Crippen LogP contribution in [0, 0.1) is 11.8 Å². The fourth-order valence-electron chi connectivity index (χ4n) is 1.80. The maximum absolute atomic E-state index is 5.87. The summed E-state index contributed by atoms with van der Waals surface area (Å²) in [5.41, 5.74) is 6.79. The lowest BCUT2D eigenvalue weighted by Crippen LogP contribution is -2.16. The van der Waals surface area contributed by atoms with Gasteiger partial charge in [0.05, 0.1) is 19.3 Å². The first-order valence-electron chi connectivity index (χ1n) is 6.46. The van der Waals surface area contributed by atoms with Gasteiger partial charge in [0, 0.05) is 12.0 Å². The quantitative estimate of drug-likeness (QED) is 0.813. The summed E-state index contributed by atoms with van der Waals surface area (Å²) in [6, 6.07) is 5.73. The fraction of sp³-hybridized carbons (Fsp3) is 0.467. The van der Waals surface area contributed by atoms with Crippen molar-refractivity contribution in [3.8, 4) is 23.3 Å². The fourth-order valence-corrected chi connectivity index (χ4v) is 1.80. The summed E-state index contributed by atoms with van der Waals surface area (Å²) in [4.78, 5) is 0. The zero-order chi connectivity index (χ0) is 12.8. The predicted octanol–water partition coefficient (Wildman–Crippen LogP) is 2.33. The zero-order valence-electron chi connectivity index (χ0n) is 10.7. The Bertz CT molecular complexity index is 459. The van der Waals surface area contributed by atoms with Gasteiger partial charge in [-0.05, 0) is 24.6 Å². The van der Waals surface area contributed by atoms with Crippen LogP contribution in [-0.2, 0) is 0 Å². The average molecular weight is 245 g/mol. The summed E-state index contributed by atoms with van der Waals surface area (Å²) in [6.07, 6.45) is 2.89. The molecule has 3 nitrogen and oxygen atoms in total. The van der Waals surface area contributed by atoms with Crippen molar-refractivity contribution in [1.82, 2.24) is 0 Å². The summed E-state index contributed by atoms with van der Waals surface area (Å²) in [7, 11) is 0. The molecular formula is C15H19NO2. The largest absolute Gasteiger partial charge is 0.490 e. The summed E-state index contributed by atoms with van der Waals surface area (Å²) >= 11 is 0. The molecule has 1 unspecified atom stereocenters. The third-order valence-corrected chi connectivity index (χ3v) is 2.75. The molecular weight excluding hydrogens is 226 g/mol. The molecule has 0 bridgehead atoms. The molecule has 0 amide bonds. The Kier molecular flexibility index (Phi) is 4.49. The Hall–Kier alpha value is -1.66. The number of nitrogens with two attached hydrogens (primary N) is 1. The molecule has 1 atom stereocenters. The zero-order valence-corrected chi connectivity index (χ0v) is 10.7. The molecule has 2 rings (SSSR count). The van der Waals surface area contributed by atoms with Gasteiger partial charge in [-0.3, -0.25) is 0 Å². The smallest absolute Gasteiger partial charge is 0.162 e. The summed E-state index contributed by atoms with van der Waals surface area (Å²) in [5.74, 6) is 7.73. The highest BCUT2D eigenvalue weighted by Gasteiger charge is 2.09. The van der Waals surface area contributed by atoms with Gasteiger partial charge in [-0.25, -0.2) is 0 Å². The topological polar surface area (TPSA) is 44.5 Å². The van der Waals surface area contributed by atoms with Crippen molar-refractivity contribution in [2.24, 2.45) is 5.73 Å². The number of fused-ring (bicyclic) bond motifs is 1. The second kappa shape index (κ2) is 6.32. The normalized spacial score (nSPS) is 15.2. The molecule has 0 saturated heterocycles. The SMILES string of the molecule is CCCC(N)C#Cc1ccc2c(c1)OCCCO2. The molecule has 0 radical (unpaired) electrons. The molecule has 1 aromatic carbocycles. The van der Waals surface area contributed by atoms with Crippen molar-refractivity contribution < 1.29 is 9.47 Å². The van der Waals surface area contributed by atoms with E-state index in [4.69, 9.17) is 15.2 Å². The van der Waals surface area contributed by atoms with Crippen LogP contribution in [0.3, 0.4) is 0 Å². The van der Waals surface area contributed by atoms with Gasteiger partial charge in [0.25, 0.3) is 0 Å². The average Bonchev–Trinajstić information content (AvgIpc) is 2.61. The van der Waals surface area contributed by atoms with Gasteiger partial charge in [0.1, 0.15) is 0 Å². The lowest BCUT2D eigenvalue weighted by atomic mass is 10.1. The first-order valence-corrected chi connectivity index (χ1v) is 6.46. The highest BCUT2D eigenvalue weighted by atomic mass is 16.5. The highest BCUT2D eigenvalue weighted by Crippen LogP contribution is 2.30. The molecule has 1 heterocycles. The summed E-state index contributed by atoms with van der Waals surface area (Å²) in [6.45, 7) is 3.51. The van der Waals surface area contributed by atoms with Crippen LogP contribution in [0.1, 0.15) is 31.7 Å². The molecule has 96 valence electrons. The molecule has 3 heteroatoms. The molecule has 0 aromatic heterocycles. The summed E-state index contributed by atoms with van der Waals surface area (Å²) < 4.78 is 11.2. The van der Waals surface area contributed by atoms with E-state index in [1.807, 2.05) is 18.2 Å². The maximum atomic E-state index is 5.87. The van der Waals surface area contributed by atoms with Gasteiger partial charge >= 0.3 is 0 Å². The Balaban J connectivity index is 2.13. The predicted molar refractivity (Wildman–Crippen MR) is 71.8 cm³/mol. The van der Waals surface area contributed by atoms with Crippen LogP contribution in [0.25, 0.3) is 0 Å². The van der Waals surface area contributed by atoms with E-state index in [2.05, 4.69) is 18.8 Å². The Morgan fingerprint density at radius 1 is 1.28 bits per heavy atom. The van der Waals surface area contributed by atoms with E-state index in [1.54, 1.807) is 0 Å². The van der Waals surface area contributed by atoms with Crippen molar-refractivity contribution in [3.05, 3.63) is 23.8 Å². The molecule has 1 aliphatic rings. The molecule has 2 N–H and O–H groups in total. The molecule has 18 heavy (non-hydrogen) atoms. The maximum Gasteiger partial charge on any atom is 0.162 e. The number of hydrogen-bond acceptors (Lipinski definition) is 3. The number of ether oxygens (including phenoxy) is 2. The van der Waals surface area contributed by atoms with Crippen LogP contribution in [0.15, 0.2) is 18.2 Å². The third kappa shape index (κ3) is 3.41. The van der Waals surface area contributed by atoms with Gasteiger partial charge in [0.2, 0.25) is 0 Å². The van der Waals surface area contributed by atoms with Crippen LogP contribution >= 0.6 is 0 Å². The van der Waals surface area contributed by atoms with E-state index in [1.165, 1.54) is 0 Å². The third-order valence-electron chi connectivity index (χ3n) is 2.75. The van der Waals surface area contributed by atoms with E-state index in [9.17, 15) is 0 Å². The summed E-state index contributed by atoms with van der Waals surface area (Å²) in [5, 5.41) is 0. The lowest BCUT2D eigenvalue weighted by Gasteiger charge is -2.06. The van der Waals surface area contributed by atoms with Crippen molar-refractivity contribution in [2.45, 2.75) is 32.2 Å². The van der Waals surface area contributed by atoms with Crippen molar-refractivity contribution in [2.75, 3.05) is 13.2 Å². The molecule has 1 aliphatic heterocycles. The van der Waals surface area contributed by atoms with Gasteiger partial charge in [0.15, 0.2) is 11.5 Å². The Morgan fingerprint density at radius 3 is 2.83 bits per heavy atom. The van der Waals surface area contributed by atoms with E-state index < -0.39 is 0 Å². The van der Waals surface area contributed by atoms with Gasteiger partial charge < -0.3 is 15.2 Å². The van der Waals surface area contributed by atoms with Gasteiger partial charge in [-0.15, -0.1) is 0 Å². The number of hydrogen-bond donors (Lipinski definition) is 1. The van der Waals surface area contributed by atoms with Crippen LogP contribution in [0.2, 0.25) is 0 Å². The van der Waals surface area contributed by atoms with Gasteiger partial charge in [-0.1, -0.05) is 25.2 Å². The van der Waals surface area contributed by atoms with E-state index in [-0.39, 0.29) is 6.04 Å². The second-order valence-corrected chi connectivity index (χ2v) is 4.38. The van der Waals surface area contributed by atoms with Crippen molar-refractivity contribution in [1.29, 1.82) is 0 Å². The van der Waals surface area contributed by atoms with Crippen LogP contribution < -0.4 is 15.2 Å². The van der Waals surface area contributed by atoms with E-state index in [0.717, 1.165) is 36.3 Å². The molecule has 0 fully saturated rings. The monoisotopic (exact) mass is 245 g/mol. The van der Waals surface area contributed by atoms with Crippen molar-refractivity contribution >= 4 is 0 Å². The lowest BCUT2D eigenvalue weighted by molar-refractivity contribution is 0.297. The van der Waals surface area contributed by atoms with Crippen LogP contribution in [-0.4, -0.2) is 19.3 Å². The molecule has 0 spiro atoms. The number of rotatable bonds is 2. The Morgan fingerprint density at radius 2 is 2.06 bits per heavy atom. The first kappa shape index (κ1) is 12.8. The standard InChI is InChI=1S/C15H19NO2/c1-2-4-13(16)7-5-12-6-8-14-15(11-12)18-10-3-9-17-14/h6,8,11,13H,2-4,9-10,16H2,1H3. The van der Waals surface area contributed by atoms with Crippen LogP contribution in [0.4, 0.5) is 0 Å². The van der Waals surface area contributed by atoms with E-state index >= 15 is 0 Å². The minimum absolute atomic E-state index is 0.0500. The molecule has 0 saturated carbocycles. The van der Waals surface area contributed by atoms with Gasteiger partial charge in [-0.2, -0.15) is 0 Å². The molecule has 0 aliphatic carbocycles. The molecule has 1 aromatic rings. The number of benzene rings is 1. The first-order chi connectivity index (χ1) is 8.79. The van der Waals surface area contributed by atoms with Crippen LogP contribution in [0.5, 0.6) is 11.5 Å². The van der Waals surface area contributed by atoms with E-state index in [0.29, 0.717) is 13.2 Å². The highest BCUT2D eigenvalue weighted by molar-refractivity contribution is 5.48. The Labute approximate surface area is 108 Å².